The maximum Gasteiger partial charge on any atom is 0.0579 e. The third-order valence-corrected chi connectivity index (χ3v) is 10.2. The van der Waals surface area contributed by atoms with Gasteiger partial charge in [0, 0.05) is 0 Å². The first-order chi connectivity index (χ1) is 13.3. The van der Waals surface area contributed by atoms with Crippen LogP contribution in [0.25, 0.3) is 0 Å². The normalized spacial score (nSPS) is 46.5. The summed E-state index contributed by atoms with van der Waals surface area (Å²) in [6, 6.07) is 0. The molecule has 4 aliphatic rings. The lowest BCUT2D eigenvalue weighted by molar-refractivity contribution is -0.0558. The van der Waals surface area contributed by atoms with Gasteiger partial charge in [-0.2, -0.15) is 0 Å². The van der Waals surface area contributed by atoms with Crippen molar-refractivity contribution < 1.29 is 5.11 Å². The second-order valence-corrected chi connectivity index (χ2v) is 12.1. The summed E-state index contributed by atoms with van der Waals surface area (Å²) in [5.41, 5.74) is 2.66. The topological polar surface area (TPSA) is 20.2 Å². The van der Waals surface area contributed by atoms with Gasteiger partial charge in [-0.05, 0) is 91.3 Å². The van der Waals surface area contributed by atoms with Crippen LogP contribution in [0.3, 0.4) is 0 Å². The first-order valence-corrected chi connectivity index (χ1v) is 12.6. The quantitative estimate of drug-likeness (QED) is 0.488. The van der Waals surface area contributed by atoms with E-state index in [0.717, 1.165) is 30.1 Å². The Kier molecular flexibility index (Phi) is 5.80. The van der Waals surface area contributed by atoms with Crippen LogP contribution in [0, 0.1) is 46.3 Å². The van der Waals surface area contributed by atoms with Gasteiger partial charge < -0.3 is 5.11 Å². The lowest BCUT2D eigenvalue weighted by Gasteiger charge is -2.58. The van der Waals surface area contributed by atoms with Gasteiger partial charge in [-0.3, -0.25) is 0 Å². The van der Waals surface area contributed by atoms with Crippen molar-refractivity contribution in [1.29, 1.82) is 0 Å². The molecule has 1 N–H and O–H groups in total. The van der Waals surface area contributed by atoms with E-state index in [1.807, 2.05) is 0 Å². The lowest BCUT2D eigenvalue weighted by Crippen LogP contribution is -2.50. The third-order valence-electron chi connectivity index (χ3n) is 10.2. The van der Waals surface area contributed by atoms with Gasteiger partial charge in [0.1, 0.15) is 0 Å². The van der Waals surface area contributed by atoms with Gasteiger partial charge in [0.2, 0.25) is 0 Å². The number of rotatable bonds is 5. The highest BCUT2D eigenvalue weighted by Gasteiger charge is 2.61. The van der Waals surface area contributed by atoms with Crippen LogP contribution in [0.5, 0.6) is 0 Å². The monoisotopic (exact) mass is 386 g/mol. The van der Waals surface area contributed by atoms with Gasteiger partial charge in [0.25, 0.3) is 0 Å². The Balaban J connectivity index is 1.53. The van der Waals surface area contributed by atoms with Gasteiger partial charge in [-0.15, -0.1) is 0 Å². The van der Waals surface area contributed by atoms with Crippen LogP contribution >= 0.6 is 0 Å². The third kappa shape index (κ3) is 3.32. The molecule has 0 radical (unpaired) electrons. The predicted octanol–water partition coefficient (Wildman–Crippen LogP) is 7.39. The number of hydrogen-bond acceptors (Lipinski definition) is 1. The number of aliphatic hydroxyl groups excluding tert-OH is 1. The zero-order valence-corrected chi connectivity index (χ0v) is 19.3. The van der Waals surface area contributed by atoms with Gasteiger partial charge in [0.15, 0.2) is 0 Å². The minimum atomic E-state index is -0.0626. The van der Waals surface area contributed by atoms with Crippen LogP contribution in [-0.4, -0.2) is 11.2 Å². The second-order valence-electron chi connectivity index (χ2n) is 12.1. The van der Waals surface area contributed by atoms with Crippen LogP contribution in [-0.2, 0) is 0 Å². The number of allylic oxidation sites excluding steroid dienone is 2. The van der Waals surface area contributed by atoms with E-state index in [9.17, 15) is 5.11 Å². The van der Waals surface area contributed by atoms with E-state index in [-0.39, 0.29) is 6.10 Å². The zero-order chi connectivity index (χ0) is 20.1. The molecule has 3 fully saturated rings. The molecule has 4 aliphatic carbocycles. The van der Waals surface area contributed by atoms with Gasteiger partial charge in [0.05, 0.1) is 6.10 Å². The Morgan fingerprint density at radius 1 is 1.07 bits per heavy atom. The molecule has 8 atom stereocenters. The van der Waals surface area contributed by atoms with E-state index in [0.29, 0.717) is 22.7 Å². The SMILES string of the molecule is CC(C)CCC[C@@H](C)C1[C@@H](O)C[C@H]2[C@@H]3CC=C4CCCC[C@]4(C)[C@H]3CC[C@]12C. The van der Waals surface area contributed by atoms with Crippen molar-refractivity contribution in [2.24, 2.45) is 46.3 Å². The van der Waals surface area contributed by atoms with Crippen LogP contribution in [0.15, 0.2) is 11.6 Å². The molecule has 28 heavy (non-hydrogen) atoms. The largest absolute Gasteiger partial charge is 0.393 e. The minimum absolute atomic E-state index is 0.0626. The fraction of sp³-hybridized carbons (Fsp3) is 0.926. The highest BCUT2D eigenvalue weighted by molar-refractivity contribution is 5.24. The average Bonchev–Trinajstić information content (AvgIpc) is 2.91. The van der Waals surface area contributed by atoms with E-state index >= 15 is 0 Å². The molecule has 1 heteroatoms. The Morgan fingerprint density at radius 2 is 1.86 bits per heavy atom. The molecule has 0 saturated heterocycles. The molecule has 1 nitrogen and oxygen atoms in total. The maximum atomic E-state index is 11.2. The highest BCUT2D eigenvalue weighted by Crippen LogP contribution is 2.67. The Bertz CT molecular complexity index is 591. The van der Waals surface area contributed by atoms with Gasteiger partial charge in [-0.25, -0.2) is 0 Å². The smallest absolute Gasteiger partial charge is 0.0579 e. The fourth-order valence-corrected chi connectivity index (χ4v) is 8.81. The van der Waals surface area contributed by atoms with Crippen molar-refractivity contribution in [1.82, 2.24) is 0 Å². The van der Waals surface area contributed by atoms with Gasteiger partial charge >= 0.3 is 0 Å². The summed E-state index contributed by atoms with van der Waals surface area (Å²) >= 11 is 0. The summed E-state index contributed by atoms with van der Waals surface area (Å²) in [6.07, 6.45) is 17.3. The maximum absolute atomic E-state index is 11.2. The van der Waals surface area contributed by atoms with E-state index in [1.54, 1.807) is 5.57 Å². The molecular weight excluding hydrogens is 340 g/mol. The van der Waals surface area contributed by atoms with Crippen LogP contribution in [0.2, 0.25) is 0 Å². The number of aliphatic hydroxyl groups is 1. The second kappa shape index (κ2) is 7.75. The van der Waals surface area contributed by atoms with Crippen molar-refractivity contribution >= 4 is 0 Å². The molecule has 0 aromatic carbocycles. The van der Waals surface area contributed by atoms with Crippen molar-refractivity contribution in [2.45, 2.75) is 111 Å². The van der Waals surface area contributed by atoms with Crippen LogP contribution in [0.4, 0.5) is 0 Å². The van der Waals surface area contributed by atoms with Crippen molar-refractivity contribution in [2.75, 3.05) is 0 Å². The standard InChI is InChI=1S/C27H46O/c1-18(2)9-8-10-19(3)25-24(28)17-23-21-13-12-20-11-6-7-15-26(20,4)22(21)14-16-27(23,25)5/h12,18-19,21-25,28H,6-11,13-17H2,1-5H3/t19-,21-,22+,23+,24+,25?,26+,27+/m1/s1. The molecule has 0 amide bonds. The predicted molar refractivity (Wildman–Crippen MR) is 119 cm³/mol. The number of hydrogen-bond donors (Lipinski definition) is 1. The highest BCUT2D eigenvalue weighted by atomic mass is 16.3. The summed E-state index contributed by atoms with van der Waals surface area (Å²) in [6.45, 7) is 12.3. The lowest BCUT2D eigenvalue weighted by atomic mass is 9.47. The molecule has 0 aromatic rings. The molecule has 0 heterocycles. The molecule has 1 unspecified atom stereocenters. The summed E-state index contributed by atoms with van der Waals surface area (Å²) < 4.78 is 0. The Labute approximate surface area is 174 Å². The van der Waals surface area contributed by atoms with E-state index in [4.69, 9.17) is 0 Å². The molecular formula is C27H46O. The minimum Gasteiger partial charge on any atom is -0.393 e. The zero-order valence-electron chi connectivity index (χ0n) is 19.3. The van der Waals surface area contributed by atoms with Crippen LogP contribution < -0.4 is 0 Å². The molecule has 3 saturated carbocycles. The van der Waals surface area contributed by atoms with Crippen molar-refractivity contribution in [3.05, 3.63) is 11.6 Å². The van der Waals surface area contributed by atoms with E-state index in [1.165, 1.54) is 64.2 Å². The molecule has 160 valence electrons. The van der Waals surface area contributed by atoms with E-state index in [2.05, 4.69) is 40.7 Å². The molecule has 0 aromatic heterocycles. The Hall–Kier alpha value is -0.300. The van der Waals surface area contributed by atoms with E-state index < -0.39 is 0 Å². The summed E-state index contributed by atoms with van der Waals surface area (Å²) in [4.78, 5) is 0. The molecule has 0 spiro atoms. The molecule has 0 aliphatic heterocycles. The van der Waals surface area contributed by atoms with Crippen molar-refractivity contribution in [3.63, 3.8) is 0 Å². The average molecular weight is 387 g/mol. The summed E-state index contributed by atoms with van der Waals surface area (Å²) in [5.74, 6) is 4.45. The van der Waals surface area contributed by atoms with Crippen LogP contribution in [0.1, 0.15) is 105 Å². The first kappa shape index (κ1) is 21.0. The fourth-order valence-electron chi connectivity index (χ4n) is 8.81. The van der Waals surface area contributed by atoms with Crippen molar-refractivity contribution in [3.8, 4) is 0 Å². The first-order valence-electron chi connectivity index (χ1n) is 12.6. The summed E-state index contributed by atoms with van der Waals surface area (Å²) in [7, 11) is 0. The Morgan fingerprint density at radius 3 is 2.61 bits per heavy atom. The molecule has 0 bridgehead atoms. The van der Waals surface area contributed by atoms with Gasteiger partial charge in [-0.1, -0.05) is 72.0 Å². The number of fused-ring (bicyclic) bond motifs is 5. The molecule has 4 rings (SSSR count). The summed E-state index contributed by atoms with van der Waals surface area (Å²) in [5, 5.41) is 11.2.